The van der Waals surface area contributed by atoms with Gasteiger partial charge in [-0.25, -0.2) is 0 Å². The maximum atomic E-state index is 12.9. The molecular formula is C24H44N2O5S. The molecule has 0 spiro atoms. The van der Waals surface area contributed by atoms with Crippen molar-refractivity contribution in [3.63, 3.8) is 0 Å². The van der Waals surface area contributed by atoms with E-state index in [2.05, 4.69) is 10.5 Å². The van der Waals surface area contributed by atoms with Crippen LogP contribution in [-0.4, -0.2) is 54.3 Å². The van der Waals surface area contributed by atoms with Crippen LogP contribution in [0.1, 0.15) is 86.3 Å². The quantitative estimate of drug-likeness (QED) is 0.408. The number of aromatic nitrogens is 1. The fourth-order valence-electron chi connectivity index (χ4n) is 3.50. The molecule has 1 heterocycles. The summed E-state index contributed by atoms with van der Waals surface area (Å²) in [5.74, 6) is 0.280. The number of nitrogens with zero attached hydrogens (tertiary/aromatic N) is 1. The molecule has 186 valence electrons. The first-order valence-electron chi connectivity index (χ1n) is 11.7. The van der Waals surface area contributed by atoms with Gasteiger partial charge in [-0.2, -0.15) is 0 Å². The van der Waals surface area contributed by atoms with Crippen LogP contribution >= 0.6 is 11.8 Å². The summed E-state index contributed by atoms with van der Waals surface area (Å²) >= 11 is 1.73. The Morgan fingerprint density at radius 2 is 1.84 bits per heavy atom. The van der Waals surface area contributed by atoms with E-state index in [-0.39, 0.29) is 17.6 Å². The van der Waals surface area contributed by atoms with Gasteiger partial charge in [-0.15, -0.1) is 11.8 Å². The predicted molar refractivity (Wildman–Crippen MR) is 131 cm³/mol. The number of methoxy groups -OCH3 is 2. The molecule has 0 saturated heterocycles. The van der Waals surface area contributed by atoms with Gasteiger partial charge in [0.2, 0.25) is 11.8 Å². The van der Waals surface area contributed by atoms with Crippen LogP contribution in [0, 0.1) is 0 Å². The monoisotopic (exact) mass is 472 g/mol. The Morgan fingerprint density at radius 3 is 2.38 bits per heavy atom. The van der Waals surface area contributed by atoms with Gasteiger partial charge >= 0.3 is 0 Å². The molecule has 1 fully saturated rings. The average Bonchev–Trinajstić information content (AvgIpc) is 3.25. The van der Waals surface area contributed by atoms with E-state index in [1.165, 1.54) is 0 Å². The van der Waals surface area contributed by atoms with Gasteiger partial charge in [-0.05, 0) is 46.0 Å². The molecule has 1 amide bonds. The number of nitrogens with one attached hydrogen (secondary N) is 1. The normalized spacial score (nSPS) is 20.3. The van der Waals surface area contributed by atoms with Crippen molar-refractivity contribution in [2.45, 2.75) is 108 Å². The minimum Gasteiger partial charge on any atom is -0.381 e. The van der Waals surface area contributed by atoms with Crippen molar-refractivity contribution in [1.82, 2.24) is 5.16 Å². The van der Waals surface area contributed by atoms with E-state index in [0.717, 1.165) is 37.8 Å². The molecule has 32 heavy (non-hydrogen) atoms. The highest BCUT2D eigenvalue weighted by atomic mass is 32.2. The highest BCUT2D eigenvalue weighted by Gasteiger charge is 2.35. The molecule has 0 bridgehead atoms. The molecule has 1 aromatic heterocycles. The van der Waals surface area contributed by atoms with E-state index in [1.807, 2.05) is 48.5 Å². The summed E-state index contributed by atoms with van der Waals surface area (Å²) in [7, 11) is 3.40. The fourth-order valence-corrected chi connectivity index (χ4v) is 5.00. The summed E-state index contributed by atoms with van der Waals surface area (Å²) in [6, 6.07) is 1.78. The van der Waals surface area contributed by atoms with Crippen LogP contribution in [0.5, 0.6) is 0 Å². The number of anilines is 1. The molecule has 2 rings (SSSR count). The summed E-state index contributed by atoms with van der Waals surface area (Å²) in [4.78, 5) is 12.9. The maximum Gasteiger partial charge on any atom is 0.242 e. The van der Waals surface area contributed by atoms with Crippen LogP contribution in [0.3, 0.4) is 0 Å². The van der Waals surface area contributed by atoms with Gasteiger partial charge in [0, 0.05) is 31.0 Å². The number of ether oxygens (including phenoxy) is 3. The summed E-state index contributed by atoms with van der Waals surface area (Å²) in [6.07, 6.45) is 5.13. The number of hydrogen-bond donors (Lipinski definition) is 1. The number of carbonyl (C=O) groups excluding carboxylic acids is 1. The molecule has 1 aliphatic carbocycles. The number of amides is 1. The van der Waals surface area contributed by atoms with Gasteiger partial charge in [0.1, 0.15) is 0 Å². The Balaban J connectivity index is 0.00000249. The minimum absolute atomic E-state index is 0.0800. The second kappa shape index (κ2) is 13.6. The van der Waals surface area contributed by atoms with Gasteiger partial charge in [-0.1, -0.05) is 39.8 Å². The summed E-state index contributed by atoms with van der Waals surface area (Å²) in [6.45, 7) is 14.4. The second-order valence-corrected chi connectivity index (χ2v) is 11.0. The van der Waals surface area contributed by atoms with E-state index in [4.69, 9.17) is 18.7 Å². The van der Waals surface area contributed by atoms with Crippen molar-refractivity contribution < 1.29 is 23.5 Å². The van der Waals surface area contributed by atoms with Crippen LogP contribution in [0.2, 0.25) is 0 Å². The highest BCUT2D eigenvalue weighted by Crippen LogP contribution is 2.38. The van der Waals surface area contributed by atoms with E-state index < -0.39 is 4.75 Å². The average molecular weight is 473 g/mol. The van der Waals surface area contributed by atoms with Gasteiger partial charge in [0.25, 0.3) is 0 Å². The van der Waals surface area contributed by atoms with E-state index in [1.54, 1.807) is 32.0 Å². The molecule has 1 aliphatic rings. The van der Waals surface area contributed by atoms with Crippen molar-refractivity contribution in [2.75, 3.05) is 26.1 Å². The van der Waals surface area contributed by atoms with Crippen LogP contribution in [0.25, 0.3) is 0 Å². The van der Waals surface area contributed by atoms with Crippen molar-refractivity contribution in [3.05, 3.63) is 11.8 Å². The lowest BCUT2D eigenvalue weighted by Gasteiger charge is -2.32. The molecule has 7 nitrogen and oxygen atoms in total. The molecule has 1 aromatic rings. The van der Waals surface area contributed by atoms with Crippen molar-refractivity contribution in [3.8, 4) is 0 Å². The second-order valence-electron chi connectivity index (χ2n) is 9.06. The molecule has 0 aliphatic heterocycles. The molecule has 0 aromatic carbocycles. The fraction of sp³-hybridized carbons (Fsp3) is 0.833. The van der Waals surface area contributed by atoms with Crippen LogP contribution < -0.4 is 5.32 Å². The minimum atomic E-state index is -0.566. The third-order valence-corrected chi connectivity index (χ3v) is 7.21. The Labute approximate surface area is 198 Å². The third-order valence-electron chi connectivity index (χ3n) is 5.63. The first kappa shape index (κ1) is 28.9. The smallest absolute Gasteiger partial charge is 0.242 e. The van der Waals surface area contributed by atoms with Crippen molar-refractivity contribution >= 4 is 23.6 Å². The summed E-state index contributed by atoms with van der Waals surface area (Å²) in [5, 5.41) is 7.51. The zero-order valence-electron chi connectivity index (χ0n) is 21.4. The molecular weight excluding hydrogens is 428 g/mol. The topological polar surface area (TPSA) is 82.8 Å². The van der Waals surface area contributed by atoms with Crippen molar-refractivity contribution in [2.24, 2.45) is 0 Å². The van der Waals surface area contributed by atoms with Gasteiger partial charge in [0.05, 0.1) is 23.2 Å². The SMILES string of the molecule is CC.CCC(OC)OCC(C)(C)c1cc(NC(=O)C(C)(C)SC2CCC(OC)CC2)on1. The van der Waals surface area contributed by atoms with Gasteiger partial charge < -0.3 is 18.7 Å². The van der Waals surface area contributed by atoms with Gasteiger partial charge in [-0.3, -0.25) is 10.1 Å². The van der Waals surface area contributed by atoms with Crippen LogP contribution in [-0.2, 0) is 24.4 Å². The number of thioether (sulfide) groups is 1. The predicted octanol–water partition coefficient (Wildman–Crippen LogP) is 5.79. The van der Waals surface area contributed by atoms with E-state index in [0.29, 0.717) is 23.8 Å². The molecule has 1 saturated carbocycles. The van der Waals surface area contributed by atoms with Crippen LogP contribution in [0.15, 0.2) is 10.6 Å². The molecule has 1 atom stereocenters. The Bertz CT molecular complexity index is 665. The molecule has 0 radical (unpaired) electrons. The largest absolute Gasteiger partial charge is 0.381 e. The lowest BCUT2D eigenvalue weighted by molar-refractivity contribution is -0.135. The van der Waals surface area contributed by atoms with Crippen molar-refractivity contribution in [1.29, 1.82) is 0 Å². The zero-order valence-corrected chi connectivity index (χ0v) is 22.3. The zero-order chi connectivity index (χ0) is 24.4. The van der Waals surface area contributed by atoms with Crippen LogP contribution in [0.4, 0.5) is 5.88 Å². The summed E-state index contributed by atoms with van der Waals surface area (Å²) < 4.78 is 21.3. The molecule has 1 unspecified atom stereocenters. The number of carbonyl (C=O) groups is 1. The Hall–Kier alpha value is -1.09. The standard InChI is InChI=1S/C22H38N2O5S.C2H6/c1-8-19(27-7)28-14-21(2,3)17-13-18(29-24-17)23-20(25)22(4,5)30-16-11-9-15(26-6)10-12-16;1-2/h13,15-16,19H,8-12,14H2,1-7H3,(H,23,25);1-2H3. The first-order valence-corrected chi connectivity index (χ1v) is 12.6. The lowest BCUT2D eigenvalue weighted by Crippen LogP contribution is -2.37. The lowest BCUT2D eigenvalue weighted by atomic mass is 9.90. The van der Waals surface area contributed by atoms with E-state index >= 15 is 0 Å². The highest BCUT2D eigenvalue weighted by molar-refractivity contribution is 8.02. The Kier molecular flexibility index (Phi) is 12.3. The molecule has 1 N–H and O–H groups in total. The van der Waals surface area contributed by atoms with Gasteiger partial charge in [0.15, 0.2) is 6.29 Å². The Morgan fingerprint density at radius 1 is 1.22 bits per heavy atom. The number of rotatable bonds is 11. The van der Waals surface area contributed by atoms with E-state index in [9.17, 15) is 4.79 Å². The maximum absolute atomic E-state index is 12.9. The first-order chi connectivity index (χ1) is 15.1. The summed E-state index contributed by atoms with van der Waals surface area (Å²) in [5.41, 5.74) is 0.356. The number of hydrogen-bond acceptors (Lipinski definition) is 7. The third kappa shape index (κ3) is 8.69. The molecule has 8 heteroatoms.